The van der Waals surface area contributed by atoms with Crippen LogP contribution in [-0.4, -0.2) is 9.97 Å². The zero-order valence-corrected chi connectivity index (χ0v) is 13.7. The third-order valence-electron chi connectivity index (χ3n) is 2.82. The van der Waals surface area contributed by atoms with Gasteiger partial charge in [0.1, 0.15) is 0 Å². The highest BCUT2D eigenvalue weighted by Crippen LogP contribution is 2.22. The molecule has 0 spiro atoms. The van der Waals surface area contributed by atoms with Gasteiger partial charge >= 0.3 is 0 Å². The van der Waals surface area contributed by atoms with Crippen LogP contribution >= 0.6 is 38.6 Å². The molecule has 0 saturated heterocycles. The van der Waals surface area contributed by atoms with Gasteiger partial charge < -0.3 is 0 Å². The molecule has 1 aliphatic carbocycles. The van der Waals surface area contributed by atoms with Gasteiger partial charge in [-0.1, -0.05) is 25.2 Å². The summed E-state index contributed by atoms with van der Waals surface area (Å²) in [5.41, 5.74) is 0. The van der Waals surface area contributed by atoms with Crippen LogP contribution in [0.25, 0.3) is 0 Å². The van der Waals surface area contributed by atoms with Gasteiger partial charge in [0.05, 0.1) is 0 Å². The van der Waals surface area contributed by atoms with Crippen LogP contribution in [0.15, 0.2) is 27.1 Å². The Balaban J connectivity index is 0.000000186. The van der Waals surface area contributed by atoms with E-state index in [0.29, 0.717) is 5.92 Å². The fourth-order valence-electron chi connectivity index (χ4n) is 1.90. The number of halogens is 1. The Hall–Kier alpha value is -0.700. The highest BCUT2D eigenvalue weighted by atomic mass is 79.9. The second kappa shape index (κ2) is 8.47. The van der Waals surface area contributed by atoms with Crippen molar-refractivity contribution in [3.63, 3.8) is 0 Å². The third-order valence-corrected chi connectivity index (χ3v) is 4.83. The molecule has 1 aliphatic rings. The molecule has 2 aromatic heterocycles. The first-order valence-corrected chi connectivity index (χ1v) is 8.86. The molecule has 1 fully saturated rings. The van der Waals surface area contributed by atoms with Crippen molar-refractivity contribution in [1.29, 1.82) is 0 Å². The van der Waals surface area contributed by atoms with Crippen LogP contribution < -0.4 is 0 Å². The average Bonchev–Trinajstić information content (AvgIpc) is 3.11. The van der Waals surface area contributed by atoms with Crippen LogP contribution in [-0.2, 0) is 0 Å². The number of hydrogen-bond donors (Lipinski definition) is 0. The molecule has 0 N–H and O–H groups in total. The molecule has 100 valence electrons. The third kappa shape index (κ3) is 5.85. The van der Waals surface area contributed by atoms with Gasteiger partial charge in [-0.25, -0.2) is 9.97 Å². The van der Waals surface area contributed by atoms with Crippen molar-refractivity contribution in [2.45, 2.75) is 32.1 Å². The lowest BCUT2D eigenvalue weighted by molar-refractivity contribution is 0.430. The summed E-state index contributed by atoms with van der Waals surface area (Å²) in [6, 6.07) is 0. The first-order valence-electron chi connectivity index (χ1n) is 6.30. The second-order valence-corrected chi connectivity index (χ2v) is 7.29. The Labute approximate surface area is 130 Å². The van der Waals surface area contributed by atoms with Crippen LogP contribution in [0.4, 0.5) is 0 Å². The molecule has 0 atom stereocenters. The number of aromatic nitrogens is 2. The monoisotopic (exact) mass is 354 g/mol. The second-order valence-electron chi connectivity index (χ2n) is 4.23. The smallest absolute Gasteiger partial charge is 0.166 e. The molecular weight excluding hydrogens is 340 g/mol. The molecule has 0 bridgehead atoms. The fraction of sp³-hybridized carbons (Fsp3) is 0.429. The van der Waals surface area contributed by atoms with Gasteiger partial charge in [0, 0.05) is 29.1 Å². The number of nitrogens with zero attached hydrogens (tertiary/aromatic N) is 2. The van der Waals surface area contributed by atoms with Crippen molar-refractivity contribution in [2.75, 3.05) is 0 Å². The molecule has 2 heterocycles. The zero-order chi connectivity index (χ0) is 13.3. The van der Waals surface area contributed by atoms with E-state index in [1.54, 1.807) is 28.9 Å². The maximum Gasteiger partial charge on any atom is 0.166 e. The minimum absolute atomic E-state index is 0.637. The molecule has 0 aliphatic heterocycles. The van der Waals surface area contributed by atoms with Gasteiger partial charge in [0.2, 0.25) is 0 Å². The summed E-state index contributed by atoms with van der Waals surface area (Å²) in [6.07, 6.45) is 10.3. The lowest BCUT2D eigenvalue weighted by Crippen LogP contribution is -2.02. The molecule has 0 radical (unpaired) electrons. The van der Waals surface area contributed by atoms with E-state index < -0.39 is 0 Å². The number of hydrogen-bond acceptors (Lipinski definition) is 4. The molecular formula is C14H15BrN2S2. The molecule has 1 saturated carbocycles. The Morgan fingerprint density at radius 1 is 1.05 bits per heavy atom. The highest BCUT2D eigenvalue weighted by molar-refractivity contribution is 9.11. The van der Waals surface area contributed by atoms with E-state index in [1.807, 2.05) is 17.0 Å². The molecule has 2 aromatic rings. The minimum atomic E-state index is 0.637. The van der Waals surface area contributed by atoms with Crippen LogP contribution in [0, 0.1) is 17.8 Å². The van der Waals surface area contributed by atoms with Gasteiger partial charge in [-0.3, -0.25) is 0 Å². The first kappa shape index (κ1) is 14.7. The summed E-state index contributed by atoms with van der Waals surface area (Å²) in [5.74, 6) is 7.11. The van der Waals surface area contributed by atoms with Gasteiger partial charge in [-0.05, 0) is 34.7 Å². The quantitative estimate of drug-likeness (QED) is 0.623. The number of thiazole rings is 2. The van der Waals surface area contributed by atoms with Crippen molar-refractivity contribution in [3.05, 3.63) is 32.1 Å². The van der Waals surface area contributed by atoms with Gasteiger partial charge in [0.15, 0.2) is 8.92 Å². The van der Waals surface area contributed by atoms with Gasteiger partial charge in [-0.15, -0.1) is 22.7 Å². The SMILES string of the molecule is Brc1nccs1.C(#CC1CCCCC1)c1nccs1. The van der Waals surface area contributed by atoms with Gasteiger partial charge in [-0.2, -0.15) is 0 Å². The van der Waals surface area contributed by atoms with Crippen LogP contribution in [0.2, 0.25) is 0 Å². The minimum Gasteiger partial charge on any atom is -0.238 e. The predicted molar refractivity (Wildman–Crippen MR) is 85.4 cm³/mol. The molecule has 0 unspecified atom stereocenters. The maximum atomic E-state index is 4.15. The van der Waals surface area contributed by atoms with Crippen molar-refractivity contribution in [2.24, 2.45) is 5.92 Å². The van der Waals surface area contributed by atoms with Crippen LogP contribution in [0.5, 0.6) is 0 Å². The molecule has 0 aromatic carbocycles. The Kier molecular flexibility index (Phi) is 6.55. The van der Waals surface area contributed by atoms with Crippen LogP contribution in [0.3, 0.4) is 0 Å². The molecule has 2 nitrogen and oxygen atoms in total. The summed E-state index contributed by atoms with van der Waals surface area (Å²) in [4.78, 5) is 8.00. The summed E-state index contributed by atoms with van der Waals surface area (Å²) < 4.78 is 0.947. The summed E-state index contributed by atoms with van der Waals surface area (Å²) in [7, 11) is 0. The summed E-state index contributed by atoms with van der Waals surface area (Å²) in [5, 5.41) is 4.86. The van der Waals surface area contributed by atoms with Crippen molar-refractivity contribution >= 4 is 38.6 Å². The fourth-order valence-corrected chi connectivity index (χ4v) is 3.19. The summed E-state index contributed by atoms with van der Waals surface area (Å²) in [6.45, 7) is 0. The lowest BCUT2D eigenvalue weighted by atomic mass is 9.90. The van der Waals surface area contributed by atoms with Gasteiger partial charge in [0.25, 0.3) is 0 Å². The zero-order valence-electron chi connectivity index (χ0n) is 10.5. The topological polar surface area (TPSA) is 25.8 Å². The van der Waals surface area contributed by atoms with Crippen molar-refractivity contribution in [1.82, 2.24) is 9.97 Å². The van der Waals surface area contributed by atoms with Crippen molar-refractivity contribution < 1.29 is 0 Å². The highest BCUT2D eigenvalue weighted by Gasteiger charge is 2.09. The standard InChI is InChI=1S/C11H13NS.C3H2BrNS/c1-2-4-10(5-3-1)6-7-11-12-8-9-13-11;4-3-5-1-2-6-3/h8-10H,1-5H2;1-2H. The maximum absolute atomic E-state index is 4.15. The Morgan fingerprint density at radius 2 is 1.79 bits per heavy atom. The van der Waals surface area contributed by atoms with E-state index in [0.717, 1.165) is 8.92 Å². The Bertz CT molecular complexity index is 505. The average molecular weight is 355 g/mol. The molecule has 0 amide bonds. The van der Waals surface area contributed by atoms with Crippen molar-refractivity contribution in [3.8, 4) is 11.8 Å². The number of rotatable bonds is 0. The first-order chi connectivity index (χ1) is 9.34. The van der Waals surface area contributed by atoms with E-state index in [1.165, 1.54) is 32.1 Å². The molecule has 5 heteroatoms. The van der Waals surface area contributed by atoms with E-state index in [9.17, 15) is 0 Å². The van der Waals surface area contributed by atoms with E-state index in [2.05, 4.69) is 37.7 Å². The van der Waals surface area contributed by atoms with Crippen LogP contribution in [0.1, 0.15) is 37.1 Å². The lowest BCUT2D eigenvalue weighted by Gasteiger charge is -2.15. The predicted octanol–water partition coefficient (Wildman–Crippen LogP) is 4.98. The largest absolute Gasteiger partial charge is 0.238 e. The molecule has 19 heavy (non-hydrogen) atoms. The normalized spacial score (nSPS) is 15.0. The summed E-state index contributed by atoms with van der Waals surface area (Å²) >= 11 is 6.40. The van der Waals surface area contributed by atoms with E-state index in [-0.39, 0.29) is 0 Å². The molecule has 3 rings (SSSR count). The van der Waals surface area contributed by atoms with E-state index >= 15 is 0 Å². The van der Waals surface area contributed by atoms with E-state index in [4.69, 9.17) is 0 Å². The Morgan fingerprint density at radius 3 is 2.32 bits per heavy atom.